The van der Waals surface area contributed by atoms with Crippen LogP contribution in [0.15, 0.2) is 29.1 Å². The molecule has 0 aliphatic carbocycles. The minimum atomic E-state index is -0.486. The Morgan fingerprint density at radius 1 is 1.16 bits per heavy atom. The van der Waals surface area contributed by atoms with Crippen molar-refractivity contribution in [3.05, 3.63) is 62.7 Å². The number of carbonyl (C=O) groups excluding carboxylic acids is 1. The molecule has 0 saturated heterocycles. The van der Waals surface area contributed by atoms with E-state index < -0.39 is 5.91 Å². The van der Waals surface area contributed by atoms with Gasteiger partial charge in [0, 0.05) is 22.4 Å². The lowest BCUT2D eigenvalue weighted by atomic mass is 9.99. The summed E-state index contributed by atoms with van der Waals surface area (Å²) in [5.74, 6) is -0.153. The first-order chi connectivity index (χ1) is 11.8. The largest absolute Gasteiger partial charge is 0.366 e. The number of amides is 1. The molecule has 1 amide bonds. The Morgan fingerprint density at radius 3 is 2.52 bits per heavy atom. The highest BCUT2D eigenvalue weighted by atomic mass is 16.1. The number of primary amides is 1. The summed E-state index contributed by atoms with van der Waals surface area (Å²) in [5, 5.41) is 4.45. The Labute approximate surface area is 144 Å². The maximum Gasteiger partial charge on any atom is 0.255 e. The number of benzene rings is 1. The normalized spacial score (nSPS) is 10.9. The number of aryl methyl sites for hydroxylation is 2. The second kappa shape index (κ2) is 6.01. The number of aromatic amines is 1. The van der Waals surface area contributed by atoms with Crippen molar-refractivity contribution in [2.75, 3.05) is 0 Å². The van der Waals surface area contributed by atoms with Crippen LogP contribution in [0.25, 0.3) is 17.2 Å². The van der Waals surface area contributed by atoms with Crippen LogP contribution in [0.2, 0.25) is 0 Å². The smallest absolute Gasteiger partial charge is 0.255 e. The summed E-state index contributed by atoms with van der Waals surface area (Å²) in [6.45, 7) is 7.19. The zero-order chi connectivity index (χ0) is 18.3. The predicted octanol–water partition coefficient (Wildman–Crippen LogP) is 1.96. The number of rotatable bonds is 3. The van der Waals surface area contributed by atoms with Gasteiger partial charge >= 0.3 is 0 Å². The van der Waals surface area contributed by atoms with Gasteiger partial charge in [-0.2, -0.15) is 9.78 Å². The number of aromatic nitrogens is 4. The van der Waals surface area contributed by atoms with Gasteiger partial charge in [-0.3, -0.25) is 14.6 Å². The number of H-pyrrole nitrogens is 1. The molecule has 128 valence electrons. The molecule has 7 nitrogen and oxygen atoms in total. The Kier molecular flexibility index (Phi) is 4.00. The average molecular weight is 337 g/mol. The van der Waals surface area contributed by atoms with Gasteiger partial charge in [-0.25, -0.2) is 4.98 Å². The molecule has 0 fully saturated rings. The molecule has 0 spiro atoms. The van der Waals surface area contributed by atoms with Gasteiger partial charge in [0.25, 0.3) is 5.56 Å². The van der Waals surface area contributed by atoms with Gasteiger partial charge in [-0.15, -0.1) is 0 Å². The summed E-state index contributed by atoms with van der Waals surface area (Å²) < 4.78 is 1.58. The number of hydrogen-bond donors (Lipinski definition) is 2. The summed E-state index contributed by atoms with van der Waals surface area (Å²) in [4.78, 5) is 30.9. The fourth-order valence-electron chi connectivity index (χ4n) is 2.76. The summed E-state index contributed by atoms with van der Waals surface area (Å²) >= 11 is 0. The van der Waals surface area contributed by atoms with Crippen LogP contribution in [0.4, 0.5) is 0 Å². The molecule has 0 unspecified atom stereocenters. The number of hydrogen-bond acceptors (Lipinski definition) is 4. The van der Waals surface area contributed by atoms with E-state index in [1.54, 1.807) is 30.7 Å². The van der Waals surface area contributed by atoms with Crippen molar-refractivity contribution >= 4 is 5.91 Å². The zero-order valence-electron chi connectivity index (χ0n) is 14.5. The van der Waals surface area contributed by atoms with E-state index in [2.05, 4.69) is 15.1 Å². The lowest BCUT2D eigenvalue weighted by molar-refractivity contribution is 0.1000. The van der Waals surface area contributed by atoms with Crippen molar-refractivity contribution < 1.29 is 4.79 Å². The van der Waals surface area contributed by atoms with Crippen molar-refractivity contribution in [2.45, 2.75) is 27.7 Å². The van der Waals surface area contributed by atoms with Crippen LogP contribution < -0.4 is 11.3 Å². The molecular formula is C18H19N5O2. The van der Waals surface area contributed by atoms with E-state index in [9.17, 15) is 9.59 Å². The number of nitrogens with one attached hydrogen (secondary N) is 1. The highest BCUT2D eigenvalue weighted by Crippen LogP contribution is 2.27. The third-order valence-electron chi connectivity index (χ3n) is 4.29. The van der Waals surface area contributed by atoms with Crippen LogP contribution in [-0.4, -0.2) is 25.7 Å². The minimum Gasteiger partial charge on any atom is -0.366 e. The molecular weight excluding hydrogens is 318 g/mol. The first-order valence-electron chi connectivity index (χ1n) is 7.84. The molecule has 2 aromatic heterocycles. The fourth-order valence-corrected chi connectivity index (χ4v) is 2.76. The number of nitrogens with zero attached hydrogens (tertiary/aromatic N) is 3. The molecule has 3 aromatic rings. The SMILES string of the molecule is Cc1cc(-c2cccc(C(N)=O)c2C)n(-c2nc(C)c(C)c(=O)[nH]2)n1. The van der Waals surface area contributed by atoms with Crippen LogP contribution in [0, 0.1) is 27.7 Å². The Hall–Kier alpha value is -3.22. The standard InChI is InChI=1S/C18H19N5O2/c1-9-8-15(13-6-5-7-14(11(13)3)16(19)24)23(22-9)18-20-12(4)10(2)17(25)21-18/h5-8H,1-4H3,(H2,19,24)(H,20,21,25). The van der Waals surface area contributed by atoms with Gasteiger partial charge in [0.15, 0.2) is 0 Å². The van der Waals surface area contributed by atoms with E-state index in [0.717, 1.165) is 22.5 Å². The van der Waals surface area contributed by atoms with Gasteiger partial charge in [-0.05, 0) is 45.4 Å². The van der Waals surface area contributed by atoms with Crippen molar-refractivity contribution in [3.63, 3.8) is 0 Å². The third kappa shape index (κ3) is 2.84. The lowest BCUT2D eigenvalue weighted by Gasteiger charge is -2.12. The zero-order valence-corrected chi connectivity index (χ0v) is 14.5. The second-order valence-electron chi connectivity index (χ2n) is 6.03. The van der Waals surface area contributed by atoms with Crippen molar-refractivity contribution in [1.82, 2.24) is 19.7 Å². The van der Waals surface area contributed by atoms with E-state index in [1.165, 1.54) is 0 Å². The van der Waals surface area contributed by atoms with Gasteiger partial charge in [-0.1, -0.05) is 12.1 Å². The Morgan fingerprint density at radius 2 is 1.88 bits per heavy atom. The first kappa shape index (κ1) is 16.6. The topological polar surface area (TPSA) is 107 Å². The maximum absolute atomic E-state index is 12.1. The molecule has 7 heteroatoms. The molecule has 0 aliphatic rings. The average Bonchev–Trinajstić information content (AvgIpc) is 2.93. The highest BCUT2D eigenvalue weighted by Gasteiger charge is 2.17. The van der Waals surface area contributed by atoms with Crippen LogP contribution in [-0.2, 0) is 0 Å². The monoisotopic (exact) mass is 337 g/mol. The number of carbonyl (C=O) groups is 1. The van der Waals surface area contributed by atoms with Crippen LogP contribution in [0.1, 0.15) is 32.9 Å². The van der Waals surface area contributed by atoms with Crippen LogP contribution in [0.5, 0.6) is 0 Å². The minimum absolute atomic E-state index is 0.204. The molecule has 2 heterocycles. The predicted molar refractivity (Wildman–Crippen MR) is 94.9 cm³/mol. The van der Waals surface area contributed by atoms with Gasteiger partial charge < -0.3 is 5.73 Å². The maximum atomic E-state index is 12.1. The molecule has 3 rings (SSSR count). The summed E-state index contributed by atoms with van der Waals surface area (Å²) in [6, 6.07) is 7.21. The second-order valence-corrected chi connectivity index (χ2v) is 6.03. The van der Waals surface area contributed by atoms with E-state index in [1.807, 2.05) is 26.0 Å². The van der Waals surface area contributed by atoms with Crippen molar-refractivity contribution in [3.8, 4) is 17.2 Å². The van der Waals surface area contributed by atoms with E-state index in [4.69, 9.17) is 5.73 Å². The van der Waals surface area contributed by atoms with Crippen LogP contribution >= 0.6 is 0 Å². The van der Waals surface area contributed by atoms with Gasteiger partial charge in [0.05, 0.1) is 11.4 Å². The van der Waals surface area contributed by atoms with Crippen molar-refractivity contribution in [1.29, 1.82) is 0 Å². The fraction of sp³-hybridized carbons (Fsp3) is 0.222. The van der Waals surface area contributed by atoms with Gasteiger partial charge in [0.1, 0.15) is 0 Å². The van der Waals surface area contributed by atoms with Crippen molar-refractivity contribution in [2.24, 2.45) is 5.73 Å². The molecule has 3 N–H and O–H groups in total. The molecule has 0 saturated carbocycles. The molecule has 0 radical (unpaired) electrons. The Balaban J connectivity index is 2.27. The molecule has 1 aromatic carbocycles. The molecule has 0 bridgehead atoms. The van der Waals surface area contributed by atoms with Crippen LogP contribution in [0.3, 0.4) is 0 Å². The third-order valence-corrected chi connectivity index (χ3v) is 4.29. The first-order valence-corrected chi connectivity index (χ1v) is 7.84. The molecule has 25 heavy (non-hydrogen) atoms. The highest BCUT2D eigenvalue weighted by molar-refractivity contribution is 5.96. The van der Waals surface area contributed by atoms with E-state index >= 15 is 0 Å². The molecule has 0 aliphatic heterocycles. The van der Waals surface area contributed by atoms with Gasteiger partial charge in [0.2, 0.25) is 11.9 Å². The quantitative estimate of drug-likeness (QED) is 0.761. The molecule has 0 atom stereocenters. The summed E-state index contributed by atoms with van der Waals surface area (Å²) in [6.07, 6.45) is 0. The summed E-state index contributed by atoms with van der Waals surface area (Å²) in [7, 11) is 0. The van der Waals surface area contributed by atoms with E-state index in [0.29, 0.717) is 22.8 Å². The number of nitrogens with two attached hydrogens (primary N) is 1. The summed E-state index contributed by atoms with van der Waals surface area (Å²) in [5.41, 5.74) is 9.95. The Bertz CT molecular complexity index is 1050. The van der Waals surface area contributed by atoms with E-state index in [-0.39, 0.29) is 5.56 Å². The lowest BCUT2D eigenvalue weighted by Crippen LogP contribution is -2.18.